The van der Waals surface area contributed by atoms with Crippen LogP contribution in [0.5, 0.6) is 5.75 Å². The zero-order chi connectivity index (χ0) is 14.7. The van der Waals surface area contributed by atoms with E-state index in [1.54, 1.807) is 7.11 Å². The standard InChI is InChI=1S/C14H19ClN2O3/c1-8-11(15)5-9(3-4-20-14(16)18)13(19-2)12(8)10-6-17-7-10/h5,10,17H,3-4,6-7H2,1-2H3,(H2,16,18). The molecule has 1 aliphatic heterocycles. The highest BCUT2D eigenvalue weighted by Crippen LogP contribution is 2.39. The smallest absolute Gasteiger partial charge is 0.404 e. The Morgan fingerprint density at radius 3 is 2.75 bits per heavy atom. The number of methoxy groups -OCH3 is 1. The predicted octanol–water partition coefficient (Wildman–Crippen LogP) is 1.98. The number of benzene rings is 1. The molecule has 1 aromatic rings. The van der Waals surface area contributed by atoms with Crippen molar-refractivity contribution >= 4 is 17.7 Å². The average molecular weight is 299 g/mol. The highest BCUT2D eigenvalue weighted by atomic mass is 35.5. The molecule has 0 radical (unpaired) electrons. The Morgan fingerprint density at radius 2 is 2.25 bits per heavy atom. The molecule has 0 aromatic heterocycles. The van der Waals surface area contributed by atoms with Crippen LogP contribution in [0.2, 0.25) is 5.02 Å². The van der Waals surface area contributed by atoms with Gasteiger partial charge in [0.05, 0.1) is 13.7 Å². The summed E-state index contributed by atoms with van der Waals surface area (Å²) in [6.45, 7) is 4.07. The molecule has 1 saturated heterocycles. The maximum absolute atomic E-state index is 10.6. The van der Waals surface area contributed by atoms with Crippen LogP contribution in [0.3, 0.4) is 0 Å². The van der Waals surface area contributed by atoms with Gasteiger partial charge in [-0.15, -0.1) is 0 Å². The number of hydrogen-bond donors (Lipinski definition) is 2. The molecule has 1 amide bonds. The summed E-state index contributed by atoms with van der Waals surface area (Å²) in [7, 11) is 1.65. The minimum Gasteiger partial charge on any atom is -0.496 e. The monoisotopic (exact) mass is 298 g/mol. The first-order valence-corrected chi connectivity index (χ1v) is 6.91. The number of halogens is 1. The van der Waals surface area contributed by atoms with Crippen LogP contribution >= 0.6 is 11.6 Å². The predicted molar refractivity (Wildman–Crippen MR) is 77.6 cm³/mol. The van der Waals surface area contributed by atoms with Crippen molar-refractivity contribution in [3.05, 3.63) is 27.8 Å². The van der Waals surface area contributed by atoms with Gasteiger partial charge in [-0.1, -0.05) is 11.6 Å². The number of rotatable bonds is 5. The molecule has 6 heteroatoms. The SMILES string of the molecule is COc1c(CCOC(N)=O)cc(Cl)c(C)c1C1CNC1. The third kappa shape index (κ3) is 2.99. The van der Waals surface area contributed by atoms with E-state index in [-0.39, 0.29) is 6.61 Å². The molecule has 0 aliphatic carbocycles. The zero-order valence-electron chi connectivity index (χ0n) is 11.7. The summed E-state index contributed by atoms with van der Waals surface area (Å²) in [4.78, 5) is 10.6. The molecule has 1 heterocycles. The molecule has 1 aromatic carbocycles. The summed E-state index contributed by atoms with van der Waals surface area (Å²) in [5.41, 5.74) is 8.10. The second-order valence-electron chi connectivity index (χ2n) is 4.86. The first-order valence-electron chi connectivity index (χ1n) is 6.53. The van der Waals surface area contributed by atoms with E-state index in [0.29, 0.717) is 17.4 Å². The summed E-state index contributed by atoms with van der Waals surface area (Å²) >= 11 is 6.31. The summed E-state index contributed by atoms with van der Waals surface area (Å²) in [5, 5.41) is 3.96. The third-order valence-electron chi connectivity index (χ3n) is 3.61. The van der Waals surface area contributed by atoms with Gasteiger partial charge in [-0.05, 0) is 24.1 Å². The topological polar surface area (TPSA) is 73.6 Å². The van der Waals surface area contributed by atoms with Crippen LogP contribution in [0.1, 0.15) is 22.6 Å². The molecule has 3 N–H and O–H groups in total. The van der Waals surface area contributed by atoms with Gasteiger partial charge in [-0.3, -0.25) is 0 Å². The molecule has 5 nitrogen and oxygen atoms in total. The van der Waals surface area contributed by atoms with Crippen molar-refractivity contribution in [3.63, 3.8) is 0 Å². The number of nitrogens with two attached hydrogens (primary N) is 1. The number of nitrogens with one attached hydrogen (secondary N) is 1. The third-order valence-corrected chi connectivity index (χ3v) is 4.00. The van der Waals surface area contributed by atoms with Gasteiger partial charge in [0.15, 0.2) is 0 Å². The first kappa shape index (κ1) is 14.9. The van der Waals surface area contributed by atoms with E-state index in [4.69, 9.17) is 26.8 Å². The highest BCUT2D eigenvalue weighted by molar-refractivity contribution is 6.31. The largest absolute Gasteiger partial charge is 0.496 e. The minimum absolute atomic E-state index is 0.216. The summed E-state index contributed by atoms with van der Waals surface area (Å²) in [6.07, 6.45) is -0.246. The molecule has 110 valence electrons. The quantitative estimate of drug-likeness (QED) is 0.872. The Kier molecular flexibility index (Phi) is 4.73. The highest BCUT2D eigenvalue weighted by Gasteiger charge is 2.27. The van der Waals surface area contributed by atoms with Gasteiger partial charge < -0.3 is 20.5 Å². The van der Waals surface area contributed by atoms with Gasteiger partial charge in [0.25, 0.3) is 0 Å². The number of ether oxygens (including phenoxy) is 2. The lowest BCUT2D eigenvalue weighted by atomic mass is 9.87. The Morgan fingerprint density at radius 1 is 1.55 bits per heavy atom. The fraction of sp³-hybridized carbons (Fsp3) is 0.500. The van der Waals surface area contributed by atoms with Crippen LogP contribution in [0.15, 0.2) is 6.07 Å². The van der Waals surface area contributed by atoms with Crippen LogP contribution in [0, 0.1) is 6.92 Å². The molecular weight excluding hydrogens is 280 g/mol. The van der Waals surface area contributed by atoms with Gasteiger partial charge in [-0.25, -0.2) is 4.79 Å². The van der Waals surface area contributed by atoms with E-state index in [1.165, 1.54) is 0 Å². The number of amides is 1. The molecule has 0 saturated carbocycles. The van der Waals surface area contributed by atoms with Crippen LogP contribution in [0.4, 0.5) is 4.79 Å². The van der Waals surface area contributed by atoms with Gasteiger partial charge in [0, 0.05) is 36.0 Å². The van der Waals surface area contributed by atoms with Crippen molar-refractivity contribution in [3.8, 4) is 5.75 Å². The average Bonchev–Trinajstić information content (AvgIpc) is 2.33. The molecule has 0 unspecified atom stereocenters. The molecule has 1 aliphatic rings. The lowest BCUT2D eigenvalue weighted by Gasteiger charge is -2.31. The zero-order valence-corrected chi connectivity index (χ0v) is 12.4. The van der Waals surface area contributed by atoms with Gasteiger partial charge >= 0.3 is 6.09 Å². The van der Waals surface area contributed by atoms with Crippen molar-refractivity contribution in [1.82, 2.24) is 5.32 Å². The Hall–Kier alpha value is -1.46. The van der Waals surface area contributed by atoms with Gasteiger partial charge in [-0.2, -0.15) is 0 Å². The van der Waals surface area contributed by atoms with Crippen LogP contribution in [-0.2, 0) is 11.2 Å². The maximum Gasteiger partial charge on any atom is 0.404 e. The van der Waals surface area contributed by atoms with Crippen LogP contribution in [0.25, 0.3) is 0 Å². The van der Waals surface area contributed by atoms with E-state index >= 15 is 0 Å². The summed E-state index contributed by atoms with van der Waals surface area (Å²) in [6, 6.07) is 1.87. The van der Waals surface area contributed by atoms with E-state index in [1.807, 2.05) is 13.0 Å². The number of primary amides is 1. The van der Waals surface area contributed by atoms with E-state index in [0.717, 1.165) is 35.5 Å². The first-order chi connectivity index (χ1) is 9.54. The summed E-state index contributed by atoms with van der Waals surface area (Å²) in [5.74, 6) is 1.26. The van der Waals surface area contributed by atoms with Crippen LogP contribution < -0.4 is 15.8 Å². The molecule has 1 fully saturated rings. The molecule has 0 bridgehead atoms. The number of carbonyl (C=O) groups excluding carboxylic acids is 1. The number of carbonyl (C=O) groups is 1. The molecule has 0 spiro atoms. The summed E-state index contributed by atoms with van der Waals surface area (Å²) < 4.78 is 10.4. The minimum atomic E-state index is -0.773. The number of hydrogen-bond acceptors (Lipinski definition) is 4. The van der Waals surface area contributed by atoms with Crippen molar-refractivity contribution in [1.29, 1.82) is 0 Å². The molecule has 0 atom stereocenters. The van der Waals surface area contributed by atoms with Gasteiger partial charge in [0.1, 0.15) is 5.75 Å². The lowest BCUT2D eigenvalue weighted by molar-refractivity contribution is 0.158. The van der Waals surface area contributed by atoms with Crippen molar-refractivity contribution < 1.29 is 14.3 Å². The second kappa shape index (κ2) is 6.33. The Labute approximate surface area is 123 Å². The van der Waals surface area contributed by atoms with E-state index in [9.17, 15) is 4.79 Å². The lowest BCUT2D eigenvalue weighted by Crippen LogP contribution is -2.40. The maximum atomic E-state index is 10.6. The van der Waals surface area contributed by atoms with Crippen molar-refractivity contribution in [2.24, 2.45) is 5.73 Å². The molecular formula is C14H19ClN2O3. The van der Waals surface area contributed by atoms with Gasteiger partial charge in [0.2, 0.25) is 0 Å². The van der Waals surface area contributed by atoms with E-state index in [2.05, 4.69) is 5.32 Å². The Bertz CT molecular complexity index is 516. The normalized spacial score (nSPS) is 14.8. The van der Waals surface area contributed by atoms with E-state index < -0.39 is 6.09 Å². The van der Waals surface area contributed by atoms with Crippen molar-refractivity contribution in [2.45, 2.75) is 19.3 Å². The fourth-order valence-electron chi connectivity index (χ4n) is 2.47. The Balaban J connectivity index is 2.30. The second-order valence-corrected chi connectivity index (χ2v) is 5.27. The molecule has 2 rings (SSSR count). The van der Waals surface area contributed by atoms with Crippen molar-refractivity contribution in [2.75, 3.05) is 26.8 Å². The fourth-order valence-corrected chi connectivity index (χ4v) is 2.70. The van der Waals surface area contributed by atoms with Crippen LogP contribution in [-0.4, -0.2) is 32.9 Å². The molecule has 20 heavy (non-hydrogen) atoms.